The van der Waals surface area contributed by atoms with Gasteiger partial charge in [-0.2, -0.15) is 8.75 Å². The number of ketones is 1. The van der Waals surface area contributed by atoms with Gasteiger partial charge in [0, 0.05) is 19.0 Å². The summed E-state index contributed by atoms with van der Waals surface area (Å²) in [7, 11) is 0. The maximum Gasteiger partial charge on any atom is 0.275 e. The minimum Gasteiger partial charge on any atom is -0.336 e. The van der Waals surface area contributed by atoms with Gasteiger partial charge >= 0.3 is 0 Å². The molecule has 3 rings (SSSR count). The van der Waals surface area contributed by atoms with Crippen molar-refractivity contribution in [3.8, 4) is 0 Å². The van der Waals surface area contributed by atoms with Crippen LogP contribution in [0.1, 0.15) is 33.7 Å². The molecule has 1 aliphatic rings. The van der Waals surface area contributed by atoms with Crippen LogP contribution in [0.4, 0.5) is 8.78 Å². The number of rotatable bonds is 3. The van der Waals surface area contributed by atoms with Gasteiger partial charge in [-0.05, 0) is 31.0 Å². The molecule has 0 spiro atoms. The predicted octanol–water partition coefficient (Wildman–Crippen LogP) is 2.55. The Bertz CT molecular complexity index is 736. The van der Waals surface area contributed by atoms with Crippen LogP contribution in [0.3, 0.4) is 0 Å². The number of halogens is 2. The molecule has 0 N–H and O–H groups in total. The van der Waals surface area contributed by atoms with Gasteiger partial charge < -0.3 is 4.90 Å². The highest BCUT2D eigenvalue weighted by Crippen LogP contribution is 2.24. The standard InChI is InChI=1S/C15H13F2N3O2S/c16-10-3-4-12(17)11(6-10)14(21)9-2-1-5-20(8-9)15(22)13-7-18-23-19-13/h3-4,6-7,9H,1-2,5,8H2/t9-/m1/s1. The van der Waals surface area contributed by atoms with E-state index in [1.165, 1.54) is 11.1 Å². The predicted molar refractivity (Wildman–Crippen MR) is 79.2 cm³/mol. The lowest BCUT2D eigenvalue weighted by molar-refractivity contribution is 0.0632. The van der Waals surface area contributed by atoms with E-state index in [9.17, 15) is 18.4 Å². The van der Waals surface area contributed by atoms with Gasteiger partial charge in [0.1, 0.15) is 11.6 Å². The van der Waals surface area contributed by atoms with Gasteiger partial charge in [-0.1, -0.05) is 0 Å². The zero-order valence-electron chi connectivity index (χ0n) is 12.0. The molecule has 1 amide bonds. The molecule has 0 aliphatic carbocycles. The third kappa shape index (κ3) is 3.26. The molecule has 1 fully saturated rings. The first kappa shape index (κ1) is 15.7. The third-order valence-electron chi connectivity index (χ3n) is 3.85. The highest BCUT2D eigenvalue weighted by atomic mass is 32.1. The number of carbonyl (C=O) groups is 2. The number of carbonyl (C=O) groups excluding carboxylic acids is 2. The second-order valence-electron chi connectivity index (χ2n) is 5.37. The van der Waals surface area contributed by atoms with Gasteiger partial charge in [-0.15, -0.1) is 0 Å². The molecule has 5 nitrogen and oxygen atoms in total. The summed E-state index contributed by atoms with van der Waals surface area (Å²) in [5.41, 5.74) is -0.0281. The molecule has 1 aromatic heterocycles. The molecule has 23 heavy (non-hydrogen) atoms. The van der Waals surface area contributed by atoms with Crippen LogP contribution in [-0.4, -0.2) is 38.4 Å². The summed E-state index contributed by atoms with van der Waals surface area (Å²) in [6, 6.07) is 2.82. The minimum atomic E-state index is -0.747. The summed E-state index contributed by atoms with van der Waals surface area (Å²) in [5, 5.41) is 0. The maximum atomic E-state index is 13.8. The van der Waals surface area contributed by atoms with Crippen LogP contribution in [0.5, 0.6) is 0 Å². The summed E-state index contributed by atoms with van der Waals surface area (Å²) in [4.78, 5) is 26.2. The Balaban J connectivity index is 1.77. The number of Topliss-reactive ketones (excluding diaryl/α,β-unsaturated/α-hetero) is 1. The lowest BCUT2D eigenvalue weighted by Crippen LogP contribution is -2.42. The van der Waals surface area contributed by atoms with Gasteiger partial charge in [-0.3, -0.25) is 9.59 Å². The average molecular weight is 337 g/mol. The van der Waals surface area contributed by atoms with Crippen molar-refractivity contribution < 1.29 is 18.4 Å². The van der Waals surface area contributed by atoms with Crippen LogP contribution in [0.15, 0.2) is 24.4 Å². The van der Waals surface area contributed by atoms with E-state index < -0.39 is 23.3 Å². The van der Waals surface area contributed by atoms with Crippen molar-refractivity contribution in [2.75, 3.05) is 13.1 Å². The number of nitrogens with zero attached hydrogens (tertiary/aromatic N) is 3. The number of aromatic nitrogens is 2. The number of piperidine rings is 1. The van der Waals surface area contributed by atoms with E-state index in [-0.39, 0.29) is 23.7 Å². The molecule has 0 radical (unpaired) electrons. The first-order valence-corrected chi connectivity index (χ1v) is 7.85. The van der Waals surface area contributed by atoms with Crippen LogP contribution >= 0.6 is 11.7 Å². The topological polar surface area (TPSA) is 63.2 Å². The van der Waals surface area contributed by atoms with Crippen molar-refractivity contribution >= 4 is 23.4 Å². The van der Waals surface area contributed by atoms with E-state index in [1.807, 2.05) is 0 Å². The third-order valence-corrected chi connectivity index (χ3v) is 4.33. The molecule has 1 saturated heterocycles. The minimum absolute atomic E-state index is 0.172. The Hall–Kier alpha value is -2.22. The first-order valence-electron chi connectivity index (χ1n) is 7.12. The molecular weight excluding hydrogens is 324 g/mol. The van der Waals surface area contributed by atoms with E-state index >= 15 is 0 Å². The van der Waals surface area contributed by atoms with E-state index in [4.69, 9.17) is 0 Å². The van der Waals surface area contributed by atoms with Crippen molar-refractivity contribution in [1.82, 2.24) is 13.6 Å². The van der Waals surface area contributed by atoms with Crippen molar-refractivity contribution in [2.24, 2.45) is 5.92 Å². The molecule has 0 bridgehead atoms. The number of hydrogen-bond donors (Lipinski definition) is 0. The molecule has 2 heterocycles. The van der Waals surface area contributed by atoms with Gasteiger partial charge in [0.25, 0.3) is 5.91 Å². The quantitative estimate of drug-likeness (QED) is 0.808. The fourth-order valence-corrected chi connectivity index (χ4v) is 3.11. The Kier molecular flexibility index (Phi) is 4.42. The van der Waals surface area contributed by atoms with Crippen LogP contribution in [0.2, 0.25) is 0 Å². The number of benzene rings is 1. The summed E-state index contributed by atoms with van der Waals surface area (Å²) >= 11 is 0.934. The second-order valence-corrected chi connectivity index (χ2v) is 5.93. The number of hydrogen-bond acceptors (Lipinski definition) is 5. The molecule has 1 aliphatic heterocycles. The van der Waals surface area contributed by atoms with Gasteiger partial charge in [0.05, 0.1) is 23.5 Å². The normalized spacial score (nSPS) is 18.0. The summed E-state index contributed by atoms with van der Waals surface area (Å²) in [6.07, 6.45) is 2.54. The Labute approximate surface area is 135 Å². The van der Waals surface area contributed by atoms with Gasteiger partial charge in [0.2, 0.25) is 0 Å². The SMILES string of the molecule is O=C(c1cc(F)ccc1F)[C@@H]1CCCN(C(=O)c2cnsn2)C1. The Morgan fingerprint density at radius 1 is 1.30 bits per heavy atom. The molecule has 1 atom stereocenters. The number of amides is 1. The summed E-state index contributed by atoms with van der Waals surface area (Å²) in [5.74, 6) is -2.72. The lowest BCUT2D eigenvalue weighted by atomic mass is 9.89. The number of likely N-dealkylation sites (tertiary alicyclic amines) is 1. The Morgan fingerprint density at radius 3 is 2.87 bits per heavy atom. The van der Waals surface area contributed by atoms with Gasteiger partial charge in [-0.25, -0.2) is 8.78 Å². The summed E-state index contributed by atoms with van der Waals surface area (Å²) in [6.45, 7) is 0.677. The molecule has 2 aromatic rings. The average Bonchev–Trinajstić information content (AvgIpc) is 3.10. The van der Waals surface area contributed by atoms with Crippen molar-refractivity contribution in [3.05, 3.63) is 47.3 Å². The highest BCUT2D eigenvalue weighted by Gasteiger charge is 2.31. The fourth-order valence-electron chi connectivity index (χ4n) is 2.70. The van der Waals surface area contributed by atoms with Crippen LogP contribution in [0.25, 0.3) is 0 Å². The monoisotopic (exact) mass is 337 g/mol. The largest absolute Gasteiger partial charge is 0.336 e. The molecule has 120 valence electrons. The van der Waals surface area contributed by atoms with Gasteiger partial charge in [0.15, 0.2) is 11.5 Å². The zero-order valence-corrected chi connectivity index (χ0v) is 12.9. The highest BCUT2D eigenvalue weighted by molar-refractivity contribution is 6.99. The van der Waals surface area contributed by atoms with E-state index in [0.29, 0.717) is 19.4 Å². The lowest BCUT2D eigenvalue weighted by Gasteiger charge is -2.31. The summed E-state index contributed by atoms with van der Waals surface area (Å²) < 4.78 is 34.7. The fraction of sp³-hybridized carbons (Fsp3) is 0.333. The molecule has 0 unspecified atom stereocenters. The van der Waals surface area contributed by atoms with Crippen LogP contribution < -0.4 is 0 Å². The molecule has 1 aromatic carbocycles. The van der Waals surface area contributed by atoms with Crippen LogP contribution in [-0.2, 0) is 0 Å². The second kappa shape index (κ2) is 6.49. The van der Waals surface area contributed by atoms with Crippen molar-refractivity contribution in [3.63, 3.8) is 0 Å². The smallest absolute Gasteiger partial charge is 0.275 e. The van der Waals surface area contributed by atoms with E-state index in [2.05, 4.69) is 8.75 Å². The Morgan fingerprint density at radius 2 is 2.13 bits per heavy atom. The zero-order chi connectivity index (χ0) is 16.4. The van der Waals surface area contributed by atoms with Crippen molar-refractivity contribution in [2.45, 2.75) is 12.8 Å². The molecular formula is C15H13F2N3O2S. The van der Waals surface area contributed by atoms with E-state index in [0.717, 1.165) is 29.9 Å². The van der Waals surface area contributed by atoms with Crippen LogP contribution in [0, 0.1) is 17.6 Å². The molecule has 8 heteroatoms. The maximum absolute atomic E-state index is 13.8. The van der Waals surface area contributed by atoms with E-state index in [1.54, 1.807) is 0 Å². The first-order chi connectivity index (χ1) is 11.1. The van der Waals surface area contributed by atoms with Crippen molar-refractivity contribution in [1.29, 1.82) is 0 Å². The molecule has 0 saturated carbocycles.